The molecule has 2 nitrogen and oxygen atoms in total. The third-order valence-electron chi connectivity index (χ3n) is 3.94. The van der Waals surface area contributed by atoms with Gasteiger partial charge in [-0.05, 0) is 66.2 Å². The highest BCUT2D eigenvalue weighted by Gasteiger charge is 2.09. The van der Waals surface area contributed by atoms with Crippen molar-refractivity contribution < 1.29 is 13.9 Å². The fraction of sp³-hybridized carbons (Fsp3) is 0.0455. The van der Waals surface area contributed by atoms with Crippen LogP contribution in [0.5, 0.6) is 5.75 Å². The van der Waals surface area contributed by atoms with Gasteiger partial charge in [-0.1, -0.05) is 36.1 Å². The van der Waals surface area contributed by atoms with E-state index in [1.807, 2.05) is 42.4 Å². The Morgan fingerprint density at radius 3 is 2.11 bits per heavy atom. The van der Waals surface area contributed by atoms with E-state index in [0.717, 1.165) is 34.4 Å². The fourth-order valence-corrected chi connectivity index (χ4v) is 2.66. The number of phenols is 1. The smallest absolute Gasteiger partial charge is 0.153 e. The van der Waals surface area contributed by atoms with Crippen LogP contribution in [0, 0.1) is 30.4 Å². The molecule has 0 aromatic heterocycles. The number of halogens is 2. The molecule has 1 N–H and O–H groups in total. The largest absolute Gasteiger partial charge is 0.508 e. The summed E-state index contributed by atoms with van der Waals surface area (Å²) in [5.74, 6) is 4.24. The van der Waals surface area contributed by atoms with Crippen LogP contribution in [0.1, 0.15) is 16.7 Å². The van der Waals surface area contributed by atoms with E-state index < -0.39 is 17.3 Å². The number of rotatable bonds is 2. The maximum Gasteiger partial charge on any atom is 0.153 e. The molecule has 0 heterocycles. The van der Waals surface area contributed by atoms with Gasteiger partial charge in [0.05, 0.1) is 5.16 Å². The Labute approximate surface area is 160 Å². The van der Waals surface area contributed by atoms with Gasteiger partial charge in [-0.15, -0.1) is 0 Å². The SMILES string of the molecule is Cc1cc(-c2ccc(O)cc2)ccc1C#Cc1cc(F)c(N=C=S)c(F)c1. The van der Waals surface area contributed by atoms with Crippen LogP contribution in [0.15, 0.2) is 59.6 Å². The Morgan fingerprint density at radius 1 is 0.889 bits per heavy atom. The van der Waals surface area contributed by atoms with E-state index in [0.29, 0.717) is 0 Å². The van der Waals surface area contributed by atoms with Crippen molar-refractivity contribution in [1.29, 1.82) is 0 Å². The second kappa shape index (κ2) is 7.92. The van der Waals surface area contributed by atoms with E-state index in [-0.39, 0.29) is 11.3 Å². The molecular weight excluding hydrogens is 364 g/mol. The van der Waals surface area contributed by atoms with Crippen LogP contribution in [0.4, 0.5) is 14.5 Å². The highest BCUT2D eigenvalue weighted by molar-refractivity contribution is 7.78. The summed E-state index contributed by atoms with van der Waals surface area (Å²) in [6.45, 7) is 1.91. The van der Waals surface area contributed by atoms with Gasteiger partial charge in [-0.3, -0.25) is 0 Å². The Balaban J connectivity index is 1.91. The number of nitrogens with zero attached hydrogens (tertiary/aromatic N) is 1. The van der Waals surface area contributed by atoms with Gasteiger partial charge < -0.3 is 5.11 Å². The summed E-state index contributed by atoms with van der Waals surface area (Å²) in [7, 11) is 0. The summed E-state index contributed by atoms with van der Waals surface area (Å²) in [6, 6.07) is 14.8. The molecule has 132 valence electrons. The van der Waals surface area contributed by atoms with Gasteiger partial charge >= 0.3 is 0 Å². The molecule has 0 aliphatic heterocycles. The number of hydrogen-bond donors (Lipinski definition) is 1. The number of phenolic OH excluding ortho intramolecular Hbond substituents is 1. The first-order chi connectivity index (χ1) is 13.0. The normalized spacial score (nSPS) is 9.89. The standard InChI is InChI=1S/C22H13F2NOS/c1-14-10-18(17-6-8-19(26)9-7-17)5-4-16(14)3-2-15-11-20(23)22(25-13-27)21(24)12-15/h4-12,26H,1H3. The average Bonchev–Trinajstić information content (AvgIpc) is 2.64. The van der Waals surface area contributed by atoms with Gasteiger partial charge in [0.2, 0.25) is 0 Å². The third-order valence-corrected chi connectivity index (χ3v) is 4.03. The summed E-state index contributed by atoms with van der Waals surface area (Å²) >= 11 is 4.38. The second-order valence-corrected chi connectivity index (χ2v) is 6.00. The van der Waals surface area contributed by atoms with Crippen LogP contribution >= 0.6 is 12.2 Å². The van der Waals surface area contributed by atoms with Crippen molar-refractivity contribution in [3.05, 3.63) is 82.9 Å². The van der Waals surface area contributed by atoms with Gasteiger partial charge in [0.15, 0.2) is 11.6 Å². The van der Waals surface area contributed by atoms with Crippen molar-refractivity contribution in [3.8, 4) is 28.7 Å². The lowest BCUT2D eigenvalue weighted by atomic mass is 10.00. The van der Waals surface area contributed by atoms with Crippen LogP contribution in [-0.2, 0) is 0 Å². The number of isothiocyanates is 1. The predicted molar refractivity (Wildman–Crippen MR) is 105 cm³/mol. The number of thiocarbonyl (C=S) groups is 1. The molecule has 0 fully saturated rings. The zero-order valence-electron chi connectivity index (χ0n) is 14.3. The molecule has 0 amide bonds. The van der Waals surface area contributed by atoms with Crippen molar-refractivity contribution >= 4 is 23.1 Å². The molecule has 0 unspecified atom stereocenters. The minimum absolute atomic E-state index is 0.204. The van der Waals surface area contributed by atoms with Crippen molar-refractivity contribution in [2.45, 2.75) is 6.92 Å². The number of aliphatic imine (C=N–C) groups is 1. The zero-order valence-corrected chi connectivity index (χ0v) is 15.1. The van der Waals surface area contributed by atoms with Gasteiger partial charge in [0.1, 0.15) is 11.4 Å². The first-order valence-corrected chi connectivity index (χ1v) is 8.38. The van der Waals surface area contributed by atoms with Crippen LogP contribution in [0.25, 0.3) is 11.1 Å². The highest BCUT2D eigenvalue weighted by Crippen LogP contribution is 2.25. The number of benzene rings is 3. The van der Waals surface area contributed by atoms with Crippen molar-refractivity contribution in [1.82, 2.24) is 0 Å². The van der Waals surface area contributed by atoms with Crippen molar-refractivity contribution in [2.75, 3.05) is 0 Å². The lowest BCUT2D eigenvalue weighted by Gasteiger charge is -2.05. The number of hydrogen-bond acceptors (Lipinski definition) is 3. The van der Waals surface area contributed by atoms with E-state index >= 15 is 0 Å². The summed E-state index contributed by atoms with van der Waals surface area (Å²) in [4.78, 5) is 3.37. The Hall–Kier alpha value is -3.32. The van der Waals surface area contributed by atoms with Crippen LogP contribution in [0.2, 0.25) is 0 Å². The van der Waals surface area contributed by atoms with Crippen LogP contribution < -0.4 is 0 Å². The molecule has 0 radical (unpaired) electrons. The van der Waals surface area contributed by atoms with E-state index in [9.17, 15) is 13.9 Å². The first-order valence-electron chi connectivity index (χ1n) is 7.97. The monoisotopic (exact) mass is 377 g/mol. The number of aromatic hydroxyl groups is 1. The molecule has 27 heavy (non-hydrogen) atoms. The van der Waals surface area contributed by atoms with Gasteiger partial charge in [-0.2, -0.15) is 4.99 Å². The maximum atomic E-state index is 13.9. The maximum absolute atomic E-state index is 13.9. The lowest BCUT2D eigenvalue weighted by Crippen LogP contribution is -1.88. The Bertz CT molecular complexity index is 1100. The minimum Gasteiger partial charge on any atom is -0.508 e. The first kappa shape index (κ1) is 18.5. The minimum atomic E-state index is -0.837. The average molecular weight is 377 g/mol. The van der Waals surface area contributed by atoms with E-state index in [4.69, 9.17) is 0 Å². The second-order valence-electron chi connectivity index (χ2n) is 5.82. The number of aryl methyl sites for hydroxylation is 1. The van der Waals surface area contributed by atoms with Crippen molar-refractivity contribution in [3.63, 3.8) is 0 Å². The van der Waals surface area contributed by atoms with Gasteiger partial charge in [0.25, 0.3) is 0 Å². The van der Waals surface area contributed by atoms with E-state index in [1.54, 1.807) is 12.1 Å². The summed E-state index contributed by atoms with van der Waals surface area (Å²) in [6.07, 6.45) is 0. The molecule has 3 aromatic rings. The molecule has 5 heteroatoms. The molecule has 0 saturated carbocycles. The fourth-order valence-electron chi connectivity index (χ4n) is 2.57. The summed E-state index contributed by atoms with van der Waals surface area (Å²) < 4.78 is 27.7. The topological polar surface area (TPSA) is 32.6 Å². The summed E-state index contributed by atoms with van der Waals surface area (Å²) in [5, 5.41) is 11.3. The van der Waals surface area contributed by atoms with Crippen LogP contribution in [0.3, 0.4) is 0 Å². The van der Waals surface area contributed by atoms with Gasteiger partial charge in [0, 0.05) is 11.1 Å². The highest BCUT2D eigenvalue weighted by atomic mass is 32.1. The van der Waals surface area contributed by atoms with Crippen molar-refractivity contribution in [2.24, 2.45) is 4.99 Å². The lowest BCUT2D eigenvalue weighted by molar-refractivity contribution is 0.475. The molecule has 0 spiro atoms. The molecule has 0 aliphatic rings. The third kappa shape index (κ3) is 4.27. The predicted octanol–water partition coefficient (Wildman–Crippen LogP) is 5.78. The Kier molecular flexibility index (Phi) is 5.42. The molecule has 3 rings (SSSR count). The van der Waals surface area contributed by atoms with E-state index in [1.165, 1.54) is 0 Å². The molecule has 3 aromatic carbocycles. The Morgan fingerprint density at radius 2 is 1.52 bits per heavy atom. The van der Waals surface area contributed by atoms with Gasteiger partial charge in [-0.25, -0.2) is 8.78 Å². The molecule has 0 atom stereocenters. The van der Waals surface area contributed by atoms with E-state index in [2.05, 4.69) is 29.1 Å². The molecule has 0 bridgehead atoms. The molecular formula is C22H13F2NOS. The molecule has 0 aliphatic carbocycles. The summed E-state index contributed by atoms with van der Waals surface area (Å²) in [5.41, 5.74) is 3.36. The van der Waals surface area contributed by atoms with Crippen LogP contribution in [-0.4, -0.2) is 10.3 Å². The zero-order chi connectivity index (χ0) is 19.4. The quantitative estimate of drug-likeness (QED) is 0.349. The molecule has 0 saturated heterocycles.